The monoisotopic (exact) mass is 590 g/mol. The Bertz CT molecular complexity index is 1260. The van der Waals surface area contributed by atoms with E-state index < -0.39 is 0 Å². The second kappa shape index (κ2) is 10.6. The summed E-state index contributed by atoms with van der Waals surface area (Å²) in [5.74, 6) is 1.07. The summed E-state index contributed by atoms with van der Waals surface area (Å²) in [5, 5.41) is 3.80. The molecule has 0 aliphatic carbocycles. The van der Waals surface area contributed by atoms with Crippen LogP contribution in [0, 0.1) is 10.5 Å². The topological polar surface area (TPSA) is 59.9 Å². The van der Waals surface area contributed by atoms with Crippen LogP contribution in [-0.2, 0) is 11.4 Å². The summed E-state index contributed by atoms with van der Waals surface area (Å²) in [6, 6.07) is 19.3. The maximum absolute atomic E-state index is 12.5. The number of thioether (sulfide) groups is 1. The van der Waals surface area contributed by atoms with Gasteiger partial charge < -0.3 is 14.8 Å². The normalized spacial score (nSPS) is 15.7. The highest BCUT2D eigenvalue weighted by Gasteiger charge is 2.24. The molecule has 3 aromatic carbocycles. The second-order valence-electron chi connectivity index (χ2n) is 7.24. The number of hydrogen-bond acceptors (Lipinski definition) is 5. The molecule has 8 heteroatoms. The molecule has 1 saturated heterocycles. The van der Waals surface area contributed by atoms with Crippen molar-refractivity contribution < 1.29 is 14.3 Å². The van der Waals surface area contributed by atoms with E-state index in [-0.39, 0.29) is 5.91 Å². The van der Waals surface area contributed by atoms with Gasteiger partial charge in [-0.25, -0.2) is 4.99 Å². The van der Waals surface area contributed by atoms with Crippen LogP contribution in [0.4, 0.5) is 5.69 Å². The fourth-order valence-electron chi connectivity index (χ4n) is 3.09. The molecule has 3 aromatic rings. The van der Waals surface area contributed by atoms with E-state index in [1.807, 2.05) is 42.5 Å². The molecule has 0 unspecified atom stereocenters. The molecule has 1 heterocycles. The van der Waals surface area contributed by atoms with Crippen LogP contribution in [0.3, 0.4) is 0 Å². The van der Waals surface area contributed by atoms with Crippen molar-refractivity contribution in [2.24, 2.45) is 4.99 Å². The maximum Gasteiger partial charge on any atom is 0.264 e. The van der Waals surface area contributed by atoms with Crippen LogP contribution < -0.4 is 14.8 Å². The Morgan fingerprint density at radius 3 is 2.64 bits per heavy atom. The molecular formula is C25H20ClIN2O3S. The second-order valence-corrected chi connectivity index (χ2v) is 9.84. The lowest BCUT2D eigenvalue weighted by atomic mass is 10.1. The number of benzene rings is 3. The molecule has 1 aliphatic heterocycles. The Hall–Kier alpha value is -2.49. The number of rotatable bonds is 6. The Kier molecular flexibility index (Phi) is 7.62. The molecule has 1 fully saturated rings. The van der Waals surface area contributed by atoms with Gasteiger partial charge in [0.25, 0.3) is 5.91 Å². The lowest BCUT2D eigenvalue weighted by molar-refractivity contribution is -0.115. The summed E-state index contributed by atoms with van der Waals surface area (Å²) in [7, 11) is 1.60. The van der Waals surface area contributed by atoms with Crippen molar-refractivity contribution >= 4 is 68.8 Å². The van der Waals surface area contributed by atoms with Crippen molar-refractivity contribution in [1.82, 2.24) is 5.32 Å². The molecule has 1 amide bonds. The summed E-state index contributed by atoms with van der Waals surface area (Å²) >= 11 is 9.66. The number of halogens is 2. The third-order valence-electron chi connectivity index (χ3n) is 4.78. The van der Waals surface area contributed by atoms with Crippen LogP contribution >= 0.6 is 46.0 Å². The van der Waals surface area contributed by atoms with E-state index >= 15 is 0 Å². The third-order valence-corrected chi connectivity index (χ3v) is 6.81. The minimum absolute atomic E-state index is 0.209. The van der Waals surface area contributed by atoms with Crippen molar-refractivity contribution in [2.45, 2.75) is 13.5 Å². The Morgan fingerprint density at radius 2 is 1.91 bits per heavy atom. The maximum atomic E-state index is 12.5. The Labute approximate surface area is 215 Å². The van der Waals surface area contributed by atoms with E-state index in [2.05, 4.69) is 52.0 Å². The predicted molar refractivity (Wildman–Crippen MR) is 143 cm³/mol. The lowest BCUT2D eigenvalue weighted by Gasteiger charge is -2.14. The number of nitrogens with zero attached hydrogens (tertiary/aromatic N) is 1. The highest BCUT2D eigenvalue weighted by molar-refractivity contribution is 14.1. The van der Waals surface area contributed by atoms with Gasteiger partial charge >= 0.3 is 0 Å². The molecule has 33 heavy (non-hydrogen) atoms. The highest BCUT2D eigenvalue weighted by Crippen LogP contribution is 2.37. The number of methoxy groups -OCH3 is 1. The molecule has 0 saturated carbocycles. The van der Waals surface area contributed by atoms with Gasteiger partial charge in [0, 0.05) is 0 Å². The smallest absolute Gasteiger partial charge is 0.264 e. The van der Waals surface area contributed by atoms with Crippen LogP contribution in [0.1, 0.15) is 16.7 Å². The van der Waals surface area contributed by atoms with Crippen LogP contribution in [0.15, 0.2) is 70.6 Å². The molecule has 168 valence electrons. The van der Waals surface area contributed by atoms with Crippen LogP contribution in [-0.4, -0.2) is 18.2 Å². The minimum Gasteiger partial charge on any atom is -0.493 e. The van der Waals surface area contributed by atoms with Gasteiger partial charge in [-0.05, 0) is 82.7 Å². The number of aryl methyl sites for hydroxylation is 1. The summed E-state index contributed by atoms with van der Waals surface area (Å²) in [6.07, 6.45) is 1.81. The van der Waals surface area contributed by atoms with Crippen molar-refractivity contribution in [3.8, 4) is 11.5 Å². The average Bonchev–Trinajstić information content (AvgIpc) is 3.14. The molecule has 0 radical (unpaired) electrons. The third kappa shape index (κ3) is 5.90. The van der Waals surface area contributed by atoms with Crippen LogP contribution in [0.25, 0.3) is 6.08 Å². The molecule has 0 aromatic heterocycles. The molecule has 5 nitrogen and oxygen atoms in total. The first-order valence-electron chi connectivity index (χ1n) is 10.0. The SMILES string of the molecule is COc1cc(/C=C2/SC(=Nc3ccccc3Cl)NC2=O)cc(I)c1OCc1ccc(C)cc1. The van der Waals surface area contributed by atoms with Crippen LogP contribution in [0.2, 0.25) is 5.02 Å². The summed E-state index contributed by atoms with van der Waals surface area (Å²) in [5.41, 5.74) is 3.72. The zero-order valence-corrected chi connectivity index (χ0v) is 21.6. The zero-order valence-electron chi connectivity index (χ0n) is 17.9. The minimum atomic E-state index is -0.209. The standard InChI is InChI=1S/C25H20ClIN2O3S/c1-15-7-9-16(10-8-15)14-32-23-19(27)11-17(12-21(23)31-2)13-22-24(30)29-25(33-22)28-20-6-4-3-5-18(20)26/h3-13H,14H2,1-2H3,(H,28,29,30)/b22-13+. The van der Waals surface area contributed by atoms with Gasteiger partial charge in [0.05, 0.1) is 26.3 Å². The summed E-state index contributed by atoms with van der Waals surface area (Å²) in [6.45, 7) is 2.49. The zero-order chi connectivity index (χ0) is 23.4. The first-order valence-corrected chi connectivity index (χ1v) is 12.3. The lowest BCUT2D eigenvalue weighted by Crippen LogP contribution is -2.19. The largest absolute Gasteiger partial charge is 0.493 e. The van der Waals surface area contributed by atoms with Gasteiger partial charge in [0.15, 0.2) is 16.7 Å². The molecular weight excluding hydrogens is 571 g/mol. The predicted octanol–water partition coefficient (Wildman–Crippen LogP) is 6.73. The summed E-state index contributed by atoms with van der Waals surface area (Å²) < 4.78 is 12.5. The van der Waals surface area contributed by atoms with Crippen LogP contribution in [0.5, 0.6) is 11.5 Å². The van der Waals surface area contributed by atoms with Gasteiger partial charge in [0.1, 0.15) is 6.61 Å². The van der Waals surface area contributed by atoms with Gasteiger partial charge in [-0.3, -0.25) is 4.79 Å². The fourth-order valence-corrected chi connectivity index (χ4v) is 4.88. The van der Waals surface area contributed by atoms with Crippen molar-refractivity contribution in [2.75, 3.05) is 7.11 Å². The number of aliphatic imine (C=N–C) groups is 1. The van der Waals surface area contributed by atoms with Crippen molar-refractivity contribution in [3.05, 3.63) is 90.9 Å². The fraction of sp³-hybridized carbons (Fsp3) is 0.120. The van der Waals surface area contributed by atoms with Gasteiger partial charge in [-0.15, -0.1) is 0 Å². The van der Waals surface area contributed by atoms with Gasteiger partial charge in [0.2, 0.25) is 0 Å². The quantitative estimate of drug-likeness (QED) is 0.255. The van der Waals surface area contributed by atoms with E-state index in [9.17, 15) is 4.79 Å². The van der Waals surface area contributed by atoms with E-state index in [1.54, 1.807) is 19.2 Å². The number of para-hydroxylation sites is 1. The van der Waals surface area contributed by atoms with Gasteiger partial charge in [-0.2, -0.15) is 0 Å². The first kappa shape index (κ1) is 23.7. The van der Waals surface area contributed by atoms with Gasteiger partial charge in [-0.1, -0.05) is 53.6 Å². The number of amides is 1. The average molecular weight is 591 g/mol. The van der Waals surface area contributed by atoms with Crippen molar-refractivity contribution in [1.29, 1.82) is 0 Å². The molecule has 1 aliphatic rings. The number of ether oxygens (including phenoxy) is 2. The molecule has 0 spiro atoms. The summed E-state index contributed by atoms with van der Waals surface area (Å²) in [4.78, 5) is 17.5. The number of amidine groups is 1. The molecule has 0 atom stereocenters. The van der Waals surface area contributed by atoms with E-state index in [4.69, 9.17) is 21.1 Å². The first-order chi connectivity index (χ1) is 15.9. The number of hydrogen-bond donors (Lipinski definition) is 1. The molecule has 0 bridgehead atoms. The van der Waals surface area contributed by atoms with Crippen molar-refractivity contribution in [3.63, 3.8) is 0 Å². The number of carbonyl (C=O) groups excluding carboxylic acids is 1. The van der Waals surface area contributed by atoms with E-state index in [0.717, 1.165) is 14.7 Å². The number of nitrogens with one attached hydrogen (secondary N) is 1. The molecule has 1 N–H and O–H groups in total. The Morgan fingerprint density at radius 1 is 1.15 bits per heavy atom. The highest BCUT2D eigenvalue weighted by atomic mass is 127. The number of carbonyl (C=O) groups is 1. The van der Waals surface area contributed by atoms with E-state index in [0.29, 0.717) is 38.9 Å². The Balaban J connectivity index is 1.54. The molecule has 4 rings (SSSR count). The van der Waals surface area contributed by atoms with E-state index in [1.165, 1.54) is 17.3 Å².